The number of carbonyl (C=O) groups is 1. The second-order valence-electron chi connectivity index (χ2n) is 7.58. The fourth-order valence-electron chi connectivity index (χ4n) is 3.73. The molecule has 1 saturated heterocycles. The third-order valence-corrected chi connectivity index (χ3v) is 5.47. The van der Waals surface area contributed by atoms with Crippen LogP contribution in [0.3, 0.4) is 0 Å². The van der Waals surface area contributed by atoms with Crippen molar-refractivity contribution < 1.29 is 49.6 Å². The molecular weight excluding hydrogens is 412 g/mol. The molecule has 6 atom stereocenters. The average Bonchev–Trinajstić information content (AvgIpc) is 2.74. The maximum atomic E-state index is 11.3. The van der Waals surface area contributed by atoms with Crippen molar-refractivity contribution in [3.05, 3.63) is 47.5 Å². The number of benzene rings is 2. The number of aliphatic carboxylic acids is 1. The molecule has 0 bridgehead atoms. The van der Waals surface area contributed by atoms with E-state index >= 15 is 0 Å². The van der Waals surface area contributed by atoms with Crippen molar-refractivity contribution in [1.29, 1.82) is 0 Å². The monoisotopic (exact) mass is 434 g/mol. The molecule has 0 amide bonds. The second-order valence-corrected chi connectivity index (χ2v) is 7.58. The molecule has 0 aromatic heterocycles. The van der Waals surface area contributed by atoms with Gasteiger partial charge in [-0.3, -0.25) is 0 Å². The number of phenolic OH excluding ortho intramolecular Hbond substituents is 2. The Hall–Kier alpha value is -3.05. The molecule has 31 heavy (non-hydrogen) atoms. The van der Waals surface area contributed by atoms with Crippen LogP contribution < -0.4 is 9.47 Å². The van der Waals surface area contributed by atoms with E-state index in [0.717, 1.165) is 11.1 Å². The van der Waals surface area contributed by atoms with Gasteiger partial charge in [-0.25, -0.2) is 4.79 Å². The van der Waals surface area contributed by atoms with Crippen LogP contribution in [-0.2, 0) is 16.0 Å². The van der Waals surface area contributed by atoms with Crippen molar-refractivity contribution in [2.75, 3.05) is 6.61 Å². The summed E-state index contributed by atoms with van der Waals surface area (Å²) in [6, 6.07) is 9.44. The lowest BCUT2D eigenvalue weighted by Gasteiger charge is -2.38. The highest BCUT2D eigenvalue weighted by Crippen LogP contribution is 2.38. The average molecular weight is 434 g/mol. The zero-order valence-corrected chi connectivity index (χ0v) is 16.2. The Bertz CT molecular complexity index is 977. The minimum absolute atomic E-state index is 0.0919. The van der Waals surface area contributed by atoms with E-state index in [-0.39, 0.29) is 23.2 Å². The number of phenols is 2. The van der Waals surface area contributed by atoms with E-state index in [1.807, 2.05) is 0 Å². The van der Waals surface area contributed by atoms with Gasteiger partial charge in [-0.1, -0.05) is 12.1 Å². The first-order chi connectivity index (χ1) is 14.7. The lowest BCUT2D eigenvalue weighted by molar-refractivity contribution is -0.271. The number of ether oxygens (including phenoxy) is 3. The molecule has 2 aromatic rings. The van der Waals surface area contributed by atoms with Crippen LogP contribution in [0, 0.1) is 0 Å². The quantitative estimate of drug-likeness (QED) is 0.388. The molecule has 0 spiro atoms. The summed E-state index contributed by atoms with van der Waals surface area (Å²) < 4.78 is 16.3. The van der Waals surface area contributed by atoms with E-state index in [2.05, 4.69) is 0 Å². The summed E-state index contributed by atoms with van der Waals surface area (Å²) in [5, 5.41) is 58.8. The van der Waals surface area contributed by atoms with Crippen LogP contribution in [0.2, 0.25) is 0 Å². The lowest BCUT2D eigenvalue weighted by Crippen LogP contribution is -2.61. The van der Waals surface area contributed by atoms with Gasteiger partial charge in [0.1, 0.15) is 29.8 Å². The molecular formula is C21H22O10. The number of aliphatic hydroxyl groups is 3. The summed E-state index contributed by atoms with van der Waals surface area (Å²) in [6.07, 6.45) is -8.24. The number of carboxylic acid groups (broad SMARTS) is 1. The van der Waals surface area contributed by atoms with Crippen molar-refractivity contribution >= 4 is 5.97 Å². The van der Waals surface area contributed by atoms with Crippen molar-refractivity contribution in [2.45, 2.75) is 43.0 Å². The minimum Gasteiger partial charge on any atom is -0.508 e. The summed E-state index contributed by atoms with van der Waals surface area (Å²) in [5.74, 6) is -1.31. The molecule has 2 heterocycles. The summed E-state index contributed by atoms with van der Waals surface area (Å²) in [6.45, 7) is 0.315. The van der Waals surface area contributed by atoms with Crippen molar-refractivity contribution in [1.82, 2.24) is 0 Å². The molecule has 166 valence electrons. The first-order valence-corrected chi connectivity index (χ1v) is 9.61. The first-order valence-electron chi connectivity index (χ1n) is 9.61. The number of fused-ring (bicyclic) bond motifs is 1. The van der Waals surface area contributed by atoms with Gasteiger partial charge in [0.15, 0.2) is 17.6 Å². The summed E-state index contributed by atoms with van der Waals surface area (Å²) in [7, 11) is 0. The molecule has 10 heteroatoms. The van der Waals surface area contributed by atoms with Gasteiger partial charge in [0.2, 0.25) is 6.29 Å². The Labute approximate surface area is 176 Å². The van der Waals surface area contributed by atoms with E-state index in [1.165, 1.54) is 18.2 Å². The Kier molecular flexibility index (Phi) is 5.63. The molecule has 10 nitrogen and oxygen atoms in total. The minimum atomic E-state index is -1.84. The fourth-order valence-corrected chi connectivity index (χ4v) is 3.73. The topological polar surface area (TPSA) is 166 Å². The number of hydrogen-bond acceptors (Lipinski definition) is 9. The highest BCUT2D eigenvalue weighted by molar-refractivity contribution is 5.73. The lowest BCUT2D eigenvalue weighted by atomic mass is 9.90. The SMILES string of the molecule is O=C(O)[C@H]1O[C@@H](Oc2cc([C@H]3COc4cc(O)ccc4C3)ccc2O)[C@H](O)[C@@H](O)[C@@H]1O. The summed E-state index contributed by atoms with van der Waals surface area (Å²) in [4.78, 5) is 11.3. The first kappa shape index (κ1) is 21.2. The maximum Gasteiger partial charge on any atom is 0.335 e. The molecule has 0 saturated carbocycles. The van der Waals surface area contributed by atoms with Crippen LogP contribution in [0.5, 0.6) is 23.0 Å². The normalized spacial score (nSPS) is 30.2. The van der Waals surface area contributed by atoms with Crippen LogP contribution in [0.1, 0.15) is 17.0 Å². The highest BCUT2D eigenvalue weighted by atomic mass is 16.7. The van der Waals surface area contributed by atoms with E-state index in [4.69, 9.17) is 19.3 Å². The standard InChI is InChI=1S/C21H22O10/c22-12-3-1-10-5-11(8-29-14(10)7-12)9-2-4-13(23)15(6-9)30-21-18(26)16(24)17(25)19(31-21)20(27)28/h1-4,6-7,11,16-19,21-26H,5,8H2,(H,27,28)/t11-,16+,17+,18-,19+,21-/m1/s1. The van der Waals surface area contributed by atoms with E-state index < -0.39 is 36.7 Å². The Morgan fingerprint density at radius 3 is 2.52 bits per heavy atom. The predicted octanol–water partition coefficient (Wildman–Crippen LogP) is 0.0875. The number of hydrogen-bond donors (Lipinski definition) is 6. The molecule has 0 radical (unpaired) electrons. The third-order valence-electron chi connectivity index (χ3n) is 5.47. The summed E-state index contributed by atoms with van der Waals surface area (Å²) in [5.41, 5.74) is 1.64. The van der Waals surface area contributed by atoms with Gasteiger partial charge in [-0.15, -0.1) is 0 Å². The molecule has 0 unspecified atom stereocenters. The van der Waals surface area contributed by atoms with Crippen LogP contribution >= 0.6 is 0 Å². The molecule has 0 aliphatic carbocycles. The van der Waals surface area contributed by atoms with Crippen LogP contribution in [0.4, 0.5) is 0 Å². The van der Waals surface area contributed by atoms with E-state index in [0.29, 0.717) is 18.8 Å². The van der Waals surface area contributed by atoms with Gasteiger partial charge in [0, 0.05) is 12.0 Å². The van der Waals surface area contributed by atoms with E-state index in [9.17, 15) is 30.3 Å². The zero-order chi connectivity index (χ0) is 22.3. The van der Waals surface area contributed by atoms with Crippen LogP contribution in [0.15, 0.2) is 36.4 Å². The van der Waals surface area contributed by atoms with Crippen LogP contribution in [-0.4, -0.2) is 73.9 Å². The smallest absolute Gasteiger partial charge is 0.335 e. The van der Waals surface area contributed by atoms with Crippen molar-refractivity contribution in [2.24, 2.45) is 0 Å². The second kappa shape index (κ2) is 8.23. The fraction of sp³-hybridized carbons (Fsp3) is 0.381. The van der Waals surface area contributed by atoms with Crippen LogP contribution in [0.25, 0.3) is 0 Å². The molecule has 1 fully saturated rings. The predicted molar refractivity (Wildman–Crippen MR) is 103 cm³/mol. The number of aliphatic hydroxyl groups excluding tert-OH is 3. The van der Waals surface area contributed by atoms with Crippen molar-refractivity contribution in [3.63, 3.8) is 0 Å². The molecule has 2 aromatic carbocycles. The van der Waals surface area contributed by atoms with E-state index in [1.54, 1.807) is 18.2 Å². The maximum absolute atomic E-state index is 11.3. The zero-order valence-electron chi connectivity index (χ0n) is 16.2. The number of aromatic hydroxyl groups is 2. The molecule has 4 rings (SSSR count). The van der Waals surface area contributed by atoms with Gasteiger partial charge in [-0.05, 0) is 35.7 Å². The largest absolute Gasteiger partial charge is 0.508 e. The Morgan fingerprint density at radius 2 is 1.77 bits per heavy atom. The molecule has 2 aliphatic heterocycles. The highest BCUT2D eigenvalue weighted by Gasteiger charge is 2.48. The Morgan fingerprint density at radius 1 is 1.00 bits per heavy atom. The van der Waals surface area contributed by atoms with Crippen molar-refractivity contribution in [3.8, 4) is 23.0 Å². The molecule has 6 N–H and O–H groups in total. The Balaban J connectivity index is 1.54. The van der Waals surface area contributed by atoms with Gasteiger partial charge >= 0.3 is 5.97 Å². The van der Waals surface area contributed by atoms with Gasteiger partial charge in [0.25, 0.3) is 0 Å². The van der Waals surface area contributed by atoms with Gasteiger partial charge in [-0.2, -0.15) is 0 Å². The number of rotatable bonds is 4. The summed E-state index contributed by atoms with van der Waals surface area (Å²) >= 11 is 0. The molecule has 2 aliphatic rings. The third kappa shape index (κ3) is 4.10. The van der Waals surface area contributed by atoms with Gasteiger partial charge in [0.05, 0.1) is 6.61 Å². The number of carboxylic acids is 1. The van der Waals surface area contributed by atoms with Gasteiger partial charge < -0.3 is 44.8 Å².